The first-order chi connectivity index (χ1) is 13.9. The van der Waals surface area contributed by atoms with Gasteiger partial charge in [0.2, 0.25) is 21.8 Å². The van der Waals surface area contributed by atoms with E-state index < -0.39 is 15.8 Å². The summed E-state index contributed by atoms with van der Waals surface area (Å²) in [4.78, 5) is 29.7. The summed E-state index contributed by atoms with van der Waals surface area (Å²) in [6, 6.07) is 8.05. The summed E-state index contributed by atoms with van der Waals surface area (Å²) in [6.45, 7) is 0.771. The number of carbonyl (C=O) groups excluding carboxylic acids is 2. The molecule has 0 unspecified atom stereocenters. The second-order valence-electron chi connectivity index (χ2n) is 6.53. The van der Waals surface area contributed by atoms with Crippen LogP contribution in [0.1, 0.15) is 12.8 Å². The third-order valence-electron chi connectivity index (χ3n) is 4.55. The molecule has 0 saturated carbocycles. The zero-order valence-corrected chi connectivity index (χ0v) is 16.4. The van der Waals surface area contributed by atoms with Crippen LogP contribution in [-0.4, -0.2) is 60.6 Å². The molecule has 154 valence electrons. The number of hydrogen-bond acceptors (Lipinski definition) is 5. The quantitative estimate of drug-likeness (QED) is 0.763. The molecular weight excluding hydrogens is 399 g/mol. The van der Waals surface area contributed by atoms with Gasteiger partial charge in [0, 0.05) is 45.2 Å². The van der Waals surface area contributed by atoms with Crippen molar-refractivity contribution in [2.45, 2.75) is 17.7 Å². The van der Waals surface area contributed by atoms with Crippen molar-refractivity contribution in [2.75, 3.05) is 31.5 Å². The molecule has 3 rings (SSSR count). The normalized spacial score (nSPS) is 15.1. The maximum Gasteiger partial charge on any atom is 0.243 e. The van der Waals surface area contributed by atoms with Gasteiger partial charge in [-0.1, -0.05) is 0 Å². The lowest BCUT2D eigenvalue weighted by molar-refractivity contribution is -0.133. The molecule has 1 aliphatic rings. The van der Waals surface area contributed by atoms with Gasteiger partial charge < -0.3 is 10.2 Å². The van der Waals surface area contributed by atoms with Crippen molar-refractivity contribution >= 4 is 27.5 Å². The number of hydrogen-bond donors (Lipinski definition) is 1. The van der Waals surface area contributed by atoms with E-state index in [-0.39, 0.29) is 55.7 Å². The van der Waals surface area contributed by atoms with E-state index in [4.69, 9.17) is 0 Å². The highest BCUT2D eigenvalue weighted by molar-refractivity contribution is 7.89. The molecule has 2 aromatic rings. The molecular formula is C19H21FN4O4S. The zero-order valence-electron chi connectivity index (χ0n) is 15.6. The predicted octanol–water partition coefficient (Wildman–Crippen LogP) is 1.47. The first-order valence-electron chi connectivity index (χ1n) is 9.09. The summed E-state index contributed by atoms with van der Waals surface area (Å²) >= 11 is 0. The molecule has 8 nitrogen and oxygen atoms in total. The molecule has 0 bridgehead atoms. The number of halogens is 1. The van der Waals surface area contributed by atoms with Crippen LogP contribution >= 0.6 is 0 Å². The molecule has 0 radical (unpaired) electrons. The molecule has 0 atom stereocenters. The second-order valence-corrected chi connectivity index (χ2v) is 8.47. The van der Waals surface area contributed by atoms with Crippen molar-refractivity contribution in [1.29, 1.82) is 0 Å². The Morgan fingerprint density at radius 1 is 1.03 bits per heavy atom. The van der Waals surface area contributed by atoms with Crippen LogP contribution in [0.2, 0.25) is 0 Å². The molecule has 1 aromatic carbocycles. The van der Waals surface area contributed by atoms with Gasteiger partial charge in [0.25, 0.3) is 0 Å². The maximum absolute atomic E-state index is 13.0. The Labute approximate surface area is 168 Å². The number of rotatable bonds is 6. The summed E-state index contributed by atoms with van der Waals surface area (Å²) in [5.41, 5.74) is 0.560. The highest BCUT2D eigenvalue weighted by Gasteiger charge is 2.30. The number of anilines is 1. The van der Waals surface area contributed by atoms with E-state index in [1.54, 1.807) is 23.2 Å². The topological polar surface area (TPSA) is 99.7 Å². The van der Waals surface area contributed by atoms with Gasteiger partial charge in [0.05, 0.1) is 16.8 Å². The minimum Gasteiger partial charge on any atom is -0.340 e. The Morgan fingerprint density at radius 2 is 1.72 bits per heavy atom. The summed E-state index contributed by atoms with van der Waals surface area (Å²) in [5.74, 6) is -0.999. The second kappa shape index (κ2) is 9.10. The van der Waals surface area contributed by atoms with Crippen LogP contribution in [0.4, 0.5) is 10.1 Å². The number of carbonyl (C=O) groups is 2. The third kappa shape index (κ3) is 5.36. The number of nitrogens with one attached hydrogen (secondary N) is 1. The zero-order chi connectivity index (χ0) is 20.9. The average molecular weight is 420 g/mol. The maximum atomic E-state index is 13.0. The standard InChI is InChI=1S/C19H21FN4O4S/c20-15-3-5-17(6-4-15)29(27,28)24-12-10-23(11-13-24)19(26)8-7-18(25)22-16-2-1-9-21-14-16/h1-6,9,14H,7-8,10-13H2,(H,22,25). The van der Waals surface area contributed by atoms with Crippen LogP contribution < -0.4 is 5.32 Å². The average Bonchev–Trinajstić information content (AvgIpc) is 2.73. The fourth-order valence-electron chi connectivity index (χ4n) is 2.97. The molecule has 1 saturated heterocycles. The Bertz CT molecular complexity index is 959. The molecule has 10 heteroatoms. The molecule has 1 aromatic heterocycles. The van der Waals surface area contributed by atoms with E-state index >= 15 is 0 Å². The highest BCUT2D eigenvalue weighted by Crippen LogP contribution is 2.18. The summed E-state index contributed by atoms with van der Waals surface area (Å²) in [5, 5.41) is 2.66. The van der Waals surface area contributed by atoms with Crippen molar-refractivity contribution in [3.05, 3.63) is 54.6 Å². The van der Waals surface area contributed by atoms with Crippen molar-refractivity contribution in [2.24, 2.45) is 0 Å². The van der Waals surface area contributed by atoms with Gasteiger partial charge in [-0.2, -0.15) is 4.31 Å². The Balaban J connectivity index is 1.48. The molecule has 1 fully saturated rings. The molecule has 1 N–H and O–H groups in total. The van der Waals surface area contributed by atoms with E-state index in [1.807, 2.05) is 0 Å². The van der Waals surface area contributed by atoms with Crippen molar-refractivity contribution in [1.82, 2.24) is 14.2 Å². The van der Waals surface area contributed by atoms with Crippen LogP contribution in [0, 0.1) is 5.82 Å². The molecule has 0 aliphatic carbocycles. The molecule has 2 heterocycles. The predicted molar refractivity (Wildman–Crippen MR) is 104 cm³/mol. The number of sulfonamides is 1. The van der Waals surface area contributed by atoms with E-state index in [0.29, 0.717) is 5.69 Å². The lowest BCUT2D eigenvalue weighted by Gasteiger charge is -2.34. The van der Waals surface area contributed by atoms with Crippen LogP contribution in [0.5, 0.6) is 0 Å². The van der Waals surface area contributed by atoms with E-state index in [1.165, 1.54) is 22.6 Å². The van der Waals surface area contributed by atoms with E-state index in [0.717, 1.165) is 12.1 Å². The smallest absolute Gasteiger partial charge is 0.243 e. The molecule has 2 amide bonds. The van der Waals surface area contributed by atoms with Crippen LogP contribution in [0.3, 0.4) is 0 Å². The van der Waals surface area contributed by atoms with Crippen molar-refractivity contribution in [3.8, 4) is 0 Å². The van der Waals surface area contributed by atoms with Gasteiger partial charge in [0.15, 0.2) is 0 Å². The first kappa shape index (κ1) is 20.9. The lowest BCUT2D eigenvalue weighted by atomic mass is 10.2. The Hall–Kier alpha value is -2.85. The first-order valence-corrected chi connectivity index (χ1v) is 10.5. The number of aromatic nitrogens is 1. The third-order valence-corrected chi connectivity index (χ3v) is 6.47. The fraction of sp³-hybridized carbons (Fsp3) is 0.316. The molecule has 0 spiro atoms. The molecule has 1 aliphatic heterocycles. The van der Waals surface area contributed by atoms with E-state index in [2.05, 4.69) is 10.3 Å². The van der Waals surface area contributed by atoms with Gasteiger partial charge in [-0.25, -0.2) is 12.8 Å². The largest absolute Gasteiger partial charge is 0.340 e. The fourth-order valence-corrected chi connectivity index (χ4v) is 4.39. The van der Waals surface area contributed by atoms with Crippen molar-refractivity contribution < 1.29 is 22.4 Å². The Kier molecular flexibility index (Phi) is 6.55. The summed E-state index contributed by atoms with van der Waals surface area (Å²) in [6.07, 6.45) is 3.17. The number of nitrogens with zero attached hydrogens (tertiary/aromatic N) is 3. The summed E-state index contributed by atoms with van der Waals surface area (Å²) in [7, 11) is -3.73. The number of piperazine rings is 1. The minimum atomic E-state index is -3.73. The molecule has 29 heavy (non-hydrogen) atoms. The summed E-state index contributed by atoms with van der Waals surface area (Å²) < 4.78 is 39.5. The number of pyridine rings is 1. The van der Waals surface area contributed by atoms with Crippen LogP contribution in [0.25, 0.3) is 0 Å². The van der Waals surface area contributed by atoms with Gasteiger partial charge in [-0.05, 0) is 36.4 Å². The van der Waals surface area contributed by atoms with Gasteiger partial charge in [0.1, 0.15) is 5.82 Å². The van der Waals surface area contributed by atoms with Crippen LogP contribution in [0.15, 0.2) is 53.7 Å². The van der Waals surface area contributed by atoms with Gasteiger partial charge >= 0.3 is 0 Å². The monoisotopic (exact) mass is 420 g/mol. The SMILES string of the molecule is O=C(CCC(=O)N1CCN(S(=O)(=O)c2ccc(F)cc2)CC1)Nc1cccnc1. The van der Waals surface area contributed by atoms with Gasteiger partial charge in [-0.15, -0.1) is 0 Å². The van der Waals surface area contributed by atoms with Gasteiger partial charge in [-0.3, -0.25) is 14.6 Å². The van der Waals surface area contributed by atoms with Crippen molar-refractivity contribution in [3.63, 3.8) is 0 Å². The van der Waals surface area contributed by atoms with Crippen LogP contribution in [-0.2, 0) is 19.6 Å². The lowest BCUT2D eigenvalue weighted by Crippen LogP contribution is -2.50. The Morgan fingerprint density at radius 3 is 2.34 bits per heavy atom. The number of amides is 2. The highest BCUT2D eigenvalue weighted by atomic mass is 32.2. The number of benzene rings is 1. The minimum absolute atomic E-state index is 0.0192. The van der Waals surface area contributed by atoms with E-state index in [9.17, 15) is 22.4 Å².